The van der Waals surface area contributed by atoms with Crippen molar-refractivity contribution in [2.75, 3.05) is 13.2 Å². The molecule has 0 bridgehead atoms. The normalized spacial score (nSPS) is 24.1. The van der Waals surface area contributed by atoms with Crippen molar-refractivity contribution in [3.8, 4) is 11.1 Å². The maximum atomic E-state index is 13.2. The van der Waals surface area contributed by atoms with Gasteiger partial charge in [0.25, 0.3) is 0 Å². The van der Waals surface area contributed by atoms with Crippen molar-refractivity contribution < 1.29 is 24.2 Å². The molecule has 2 atom stereocenters. The van der Waals surface area contributed by atoms with E-state index in [1.807, 2.05) is 24.3 Å². The van der Waals surface area contributed by atoms with Crippen LogP contribution in [0.1, 0.15) is 62.5 Å². The molecule has 2 unspecified atom stereocenters. The van der Waals surface area contributed by atoms with Gasteiger partial charge in [-0.2, -0.15) is 0 Å². The molecule has 2 aromatic rings. The van der Waals surface area contributed by atoms with E-state index in [0.717, 1.165) is 24.0 Å². The van der Waals surface area contributed by atoms with E-state index in [1.165, 1.54) is 11.1 Å². The third kappa shape index (κ3) is 4.07. The van der Waals surface area contributed by atoms with E-state index >= 15 is 0 Å². The Labute approximate surface area is 205 Å². The van der Waals surface area contributed by atoms with Gasteiger partial charge in [0.1, 0.15) is 6.61 Å². The van der Waals surface area contributed by atoms with Gasteiger partial charge < -0.3 is 20.5 Å². The summed E-state index contributed by atoms with van der Waals surface area (Å²) in [6.07, 6.45) is 3.68. The van der Waals surface area contributed by atoms with Crippen molar-refractivity contribution in [2.45, 2.75) is 57.4 Å². The summed E-state index contributed by atoms with van der Waals surface area (Å²) in [5.74, 6) is -1.06. The van der Waals surface area contributed by atoms with Gasteiger partial charge in [-0.3, -0.25) is 9.59 Å². The van der Waals surface area contributed by atoms with Crippen molar-refractivity contribution in [3.05, 3.63) is 59.7 Å². The Morgan fingerprint density at radius 2 is 1.60 bits per heavy atom. The van der Waals surface area contributed by atoms with Gasteiger partial charge in [0.15, 0.2) is 0 Å². The van der Waals surface area contributed by atoms with Crippen LogP contribution in [0.25, 0.3) is 11.1 Å². The van der Waals surface area contributed by atoms with E-state index in [4.69, 9.17) is 4.74 Å². The van der Waals surface area contributed by atoms with Crippen LogP contribution in [0.15, 0.2) is 48.5 Å². The van der Waals surface area contributed by atoms with Crippen molar-refractivity contribution in [2.24, 2.45) is 10.8 Å². The topological polar surface area (TPSA) is 105 Å². The summed E-state index contributed by atoms with van der Waals surface area (Å²) in [5, 5.41) is 15.5. The molecule has 3 N–H and O–H groups in total. The molecule has 3 aliphatic rings. The van der Waals surface area contributed by atoms with Gasteiger partial charge in [0, 0.05) is 18.5 Å². The van der Waals surface area contributed by atoms with Crippen LogP contribution < -0.4 is 10.6 Å². The lowest BCUT2D eigenvalue weighted by Gasteiger charge is -2.42. The number of carboxylic acids is 1. The predicted octanol–water partition coefficient (Wildman–Crippen LogP) is 4.46. The first-order valence-corrected chi connectivity index (χ1v) is 12.5. The van der Waals surface area contributed by atoms with Gasteiger partial charge in [-0.05, 0) is 54.9 Å². The molecule has 2 saturated carbocycles. The Balaban J connectivity index is 1.19. The van der Waals surface area contributed by atoms with E-state index in [9.17, 15) is 19.5 Å². The molecule has 5 rings (SSSR count). The molecule has 35 heavy (non-hydrogen) atoms. The molecule has 2 fully saturated rings. The van der Waals surface area contributed by atoms with Crippen molar-refractivity contribution in [3.63, 3.8) is 0 Å². The van der Waals surface area contributed by atoms with Crippen molar-refractivity contribution >= 4 is 18.0 Å². The number of hydrogen-bond acceptors (Lipinski definition) is 4. The third-order valence-corrected chi connectivity index (χ3v) is 8.46. The lowest BCUT2D eigenvalue weighted by molar-refractivity contribution is -0.150. The Morgan fingerprint density at radius 1 is 0.971 bits per heavy atom. The summed E-state index contributed by atoms with van der Waals surface area (Å²) in [4.78, 5) is 37.6. The largest absolute Gasteiger partial charge is 0.481 e. The number of amides is 2. The number of alkyl carbamates (subject to hydrolysis) is 1. The number of carbonyl (C=O) groups is 3. The Hall–Kier alpha value is -3.35. The average molecular weight is 477 g/mol. The first-order valence-electron chi connectivity index (χ1n) is 12.5. The number of nitrogens with one attached hydrogen (secondary N) is 2. The quantitative estimate of drug-likeness (QED) is 0.547. The predicted molar refractivity (Wildman–Crippen MR) is 131 cm³/mol. The number of rotatable bonds is 7. The zero-order valence-electron chi connectivity index (χ0n) is 20.0. The fourth-order valence-corrected chi connectivity index (χ4v) is 5.94. The molecule has 7 heteroatoms. The van der Waals surface area contributed by atoms with Crippen LogP contribution in [-0.4, -0.2) is 42.3 Å². The van der Waals surface area contributed by atoms with Crippen LogP contribution in [0.4, 0.5) is 4.79 Å². The van der Waals surface area contributed by atoms with Gasteiger partial charge in [-0.25, -0.2) is 4.79 Å². The van der Waals surface area contributed by atoms with Gasteiger partial charge >= 0.3 is 12.1 Å². The first kappa shape index (κ1) is 23.4. The van der Waals surface area contributed by atoms with Crippen LogP contribution in [0, 0.1) is 10.8 Å². The minimum absolute atomic E-state index is 0.0230. The molecule has 0 saturated heterocycles. The summed E-state index contributed by atoms with van der Waals surface area (Å²) >= 11 is 0. The number of carboxylic acid groups (broad SMARTS) is 1. The fraction of sp³-hybridized carbons (Fsp3) is 0.464. The SMILES string of the molecule is CC1(C(=O)O)CCCC1NC(=O)C1(CNC(=O)OCC2c3ccccc3-c3ccccc32)CCC1. The van der Waals surface area contributed by atoms with Crippen LogP contribution in [0.2, 0.25) is 0 Å². The zero-order chi connectivity index (χ0) is 24.6. The van der Waals surface area contributed by atoms with Gasteiger partial charge in [-0.1, -0.05) is 61.4 Å². The highest BCUT2D eigenvalue weighted by Gasteiger charge is 2.50. The molecule has 3 aliphatic carbocycles. The van der Waals surface area contributed by atoms with E-state index in [1.54, 1.807) is 6.92 Å². The Bertz CT molecular complexity index is 1110. The number of fused-ring (bicyclic) bond motifs is 3. The molecule has 0 aromatic heterocycles. The van der Waals surface area contributed by atoms with E-state index in [0.29, 0.717) is 25.7 Å². The molecule has 2 amide bonds. The summed E-state index contributed by atoms with van der Waals surface area (Å²) in [6, 6.07) is 16.0. The number of aliphatic carboxylic acids is 1. The number of hydrogen-bond donors (Lipinski definition) is 3. The second-order valence-corrected chi connectivity index (χ2v) is 10.5. The van der Waals surface area contributed by atoms with Crippen LogP contribution in [0.3, 0.4) is 0 Å². The van der Waals surface area contributed by atoms with E-state index < -0.39 is 22.9 Å². The highest BCUT2D eigenvalue weighted by atomic mass is 16.5. The number of ether oxygens (including phenoxy) is 1. The van der Waals surface area contributed by atoms with Crippen LogP contribution >= 0.6 is 0 Å². The number of carbonyl (C=O) groups excluding carboxylic acids is 2. The Kier molecular flexibility index (Phi) is 6.03. The van der Waals surface area contributed by atoms with E-state index in [2.05, 4.69) is 34.9 Å². The minimum atomic E-state index is -0.944. The highest BCUT2D eigenvalue weighted by Crippen LogP contribution is 2.45. The third-order valence-electron chi connectivity index (χ3n) is 8.46. The van der Waals surface area contributed by atoms with E-state index in [-0.39, 0.29) is 31.0 Å². The van der Waals surface area contributed by atoms with Crippen molar-refractivity contribution in [1.29, 1.82) is 0 Å². The summed E-state index contributed by atoms with van der Waals surface area (Å²) in [5.41, 5.74) is 2.99. The maximum Gasteiger partial charge on any atom is 0.407 e. The fourth-order valence-electron chi connectivity index (χ4n) is 5.94. The van der Waals surface area contributed by atoms with Gasteiger partial charge in [0.05, 0.1) is 10.8 Å². The molecule has 0 heterocycles. The molecular formula is C28H32N2O5. The molecule has 7 nitrogen and oxygen atoms in total. The first-order chi connectivity index (χ1) is 16.8. The van der Waals surface area contributed by atoms with Gasteiger partial charge in [0.2, 0.25) is 5.91 Å². The smallest absolute Gasteiger partial charge is 0.407 e. The summed E-state index contributed by atoms with van der Waals surface area (Å²) in [6.45, 7) is 2.11. The molecule has 2 aromatic carbocycles. The molecule has 184 valence electrons. The summed E-state index contributed by atoms with van der Waals surface area (Å²) < 4.78 is 5.62. The molecule has 0 aliphatic heterocycles. The summed E-state index contributed by atoms with van der Waals surface area (Å²) in [7, 11) is 0. The van der Waals surface area contributed by atoms with Crippen LogP contribution in [-0.2, 0) is 14.3 Å². The standard InChI is InChI=1S/C28H32N2O5/c1-27(25(32)33)13-6-12-23(27)30-24(31)28(14-7-15-28)17-29-26(34)35-16-22-20-10-4-2-8-18(20)19-9-3-5-11-21(19)22/h2-5,8-11,22-23H,6-7,12-17H2,1H3,(H,29,34)(H,30,31)(H,32,33). The highest BCUT2D eigenvalue weighted by molar-refractivity contribution is 5.86. The Morgan fingerprint density at radius 3 is 2.17 bits per heavy atom. The second-order valence-electron chi connectivity index (χ2n) is 10.5. The maximum absolute atomic E-state index is 13.2. The number of benzene rings is 2. The van der Waals surface area contributed by atoms with Crippen molar-refractivity contribution in [1.82, 2.24) is 10.6 Å². The zero-order valence-corrected chi connectivity index (χ0v) is 20.0. The monoisotopic (exact) mass is 476 g/mol. The average Bonchev–Trinajstić information content (AvgIpc) is 3.35. The lowest BCUT2D eigenvalue weighted by atomic mass is 9.67. The molecule has 0 radical (unpaired) electrons. The van der Waals surface area contributed by atoms with Gasteiger partial charge in [-0.15, -0.1) is 0 Å². The lowest BCUT2D eigenvalue weighted by Crippen LogP contribution is -2.57. The minimum Gasteiger partial charge on any atom is -0.481 e. The molecule has 0 spiro atoms. The second kappa shape index (κ2) is 9.02. The molecular weight excluding hydrogens is 444 g/mol. The van der Waals surface area contributed by atoms with Crippen LogP contribution in [0.5, 0.6) is 0 Å².